The molecule has 0 aromatic carbocycles. The molecular weight excluding hydrogens is 238 g/mol. The second kappa shape index (κ2) is 5.70. The Morgan fingerprint density at radius 1 is 0.895 bits per heavy atom. The van der Waals surface area contributed by atoms with Crippen molar-refractivity contribution in [1.82, 2.24) is 14.7 Å². The molecule has 3 aliphatic heterocycles. The molecule has 0 N–H and O–H groups in total. The lowest BCUT2D eigenvalue weighted by atomic mass is 9.88. The Morgan fingerprint density at radius 3 is 2.26 bits per heavy atom. The van der Waals surface area contributed by atoms with Gasteiger partial charge in [0.15, 0.2) is 0 Å². The third-order valence-electron chi connectivity index (χ3n) is 5.23. The summed E-state index contributed by atoms with van der Waals surface area (Å²) in [6.07, 6.45) is 7.36. The van der Waals surface area contributed by atoms with Gasteiger partial charge in [-0.1, -0.05) is 0 Å². The summed E-state index contributed by atoms with van der Waals surface area (Å²) < 4.78 is 0. The van der Waals surface area contributed by atoms with Crippen molar-refractivity contribution in [3.05, 3.63) is 0 Å². The predicted octanol–water partition coefficient (Wildman–Crippen LogP) is 2.01. The summed E-state index contributed by atoms with van der Waals surface area (Å²) in [5.74, 6) is 0.741. The van der Waals surface area contributed by atoms with E-state index in [9.17, 15) is 4.79 Å². The highest BCUT2D eigenvalue weighted by molar-refractivity contribution is 5.75. The maximum absolute atomic E-state index is 12.6. The molecule has 0 radical (unpaired) electrons. The van der Waals surface area contributed by atoms with Gasteiger partial charge in [-0.2, -0.15) is 0 Å². The van der Waals surface area contributed by atoms with E-state index in [-0.39, 0.29) is 0 Å². The number of hydrogen-bond acceptors (Lipinski definition) is 2. The molecular formula is C15H27N3O. The maximum Gasteiger partial charge on any atom is 0.320 e. The van der Waals surface area contributed by atoms with Crippen LogP contribution in [0, 0.1) is 5.92 Å². The number of carbonyl (C=O) groups excluding carboxylic acids is 1. The number of amides is 2. The fourth-order valence-electron chi connectivity index (χ4n) is 4.02. The standard InChI is InChI=1S/C15H27N3O/c1-16-11-6-13(7-12-16)14-5-4-10-18(14)15(19)17-8-2-3-9-17/h13-14H,2-12H2,1H3. The highest BCUT2D eigenvalue weighted by atomic mass is 16.2. The lowest BCUT2D eigenvalue weighted by molar-refractivity contribution is 0.114. The zero-order valence-electron chi connectivity index (χ0n) is 12.2. The van der Waals surface area contributed by atoms with Crippen LogP contribution >= 0.6 is 0 Å². The van der Waals surface area contributed by atoms with Crippen LogP contribution < -0.4 is 0 Å². The zero-order chi connectivity index (χ0) is 13.2. The Kier molecular flexibility index (Phi) is 3.96. The van der Waals surface area contributed by atoms with Gasteiger partial charge in [-0.3, -0.25) is 0 Å². The van der Waals surface area contributed by atoms with E-state index < -0.39 is 0 Å². The van der Waals surface area contributed by atoms with E-state index in [1.165, 1.54) is 51.6 Å². The molecule has 1 unspecified atom stereocenters. The fraction of sp³-hybridized carbons (Fsp3) is 0.933. The first-order valence-electron chi connectivity index (χ1n) is 8.00. The second-order valence-corrected chi connectivity index (χ2v) is 6.52. The Hall–Kier alpha value is -0.770. The van der Waals surface area contributed by atoms with Gasteiger partial charge >= 0.3 is 6.03 Å². The molecule has 3 rings (SSSR count). The molecule has 19 heavy (non-hydrogen) atoms. The predicted molar refractivity (Wildman–Crippen MR) is 76.2 cm³/mol. The van der Waals surface area contributed by atoms with Crippen molar-refractivity contribution >= 4 is 6.03 Å². The quantitative estimate of drug-likeness (QED) is 0.725. The van der Waals surface area contributed by atoms with Gasteiger partial charge in [0.1, 0.15) is 0 Å². The second-order valence-electron chi connectivity index (χ2n) is 6.52. The molecule has 108 valence electrons. The lowest BCUT2D eigenvalue weighted by Gasteiger charge is -2.38. The van der Waals surface area contributed by atoms with Crippen LogP contribution in [0.3, 0.4) is 0 Å². The van der Waals surface area contributed by atoms with Crippen LogP contribution in [-0.2, 0) is 0 Å². The SMILES string of the molecule is CN1CCC(C2CCCN2C(=O)N2CCCC2)CC1. The average molecular weight is 265 g/mol. The number of nitrogens with zero attached hydrogens (tertiary/aromatic N) is 3. The van der Waals surface area contributed by atoms with E-state index in [0.29, 0.717) is 12.1 Å². The minimum atomic E-state index is 0.332. The van der Waals surface area contributed by atoms with Crippen LogP contribution in [0.25, 0.3) is 0 Å². The summed E-state index contributed by atoms with van der Waals surface area (Å²) in [6.45, 7) is 5.36. The van der Waals surface area contributed by atoms with Crippen molar-refractivity contribution in [3.63, 3.8) is 0 Å². The van der Waals surface area contributed by atoms with Crippen LogP contribution in [0.4, 0.5) is 4.79 Å². The van der Waals surface area contributed by atoms with Crippen LogP contribution in [-0.4, -0.2) is 66.5 Å². The first-order chi connectivity index (χ1) is 9.25. The van der Waals surface area contributed by atoms with Gasteiger partial charge in [-0.05, 0) is 64.6 Å². The van der Waals surface area contributed by atoms with Crippen LogP contribution in [0.2, 0.25) is 0 Å². The Morgan fingerprint density at radius 2 is 1.58 bits per heavy atom. The molecule has 0 aromatic heterocycles. The summed E-state index contributed by atoms with van der Waals surface area (Å²) in [5, 5.41) is 0. The number of carbonyl (C=O) groups is 1. The Bertz CT molecular complexity index is 319. The molecule has 0 saturated carbocycles. The number of likely N-dealkylation sites (tertiary alicyclic amines) is 3. The van der Waals surface area contributed by atoms with Crippen LogP contribution in [0.1, 0.15) is 38.5 Å². The lowest BCUT2D eigenvalue weighted by Crippen LogP contribution is -2.48. The van der Waals surface area contributed by atoms with E-state index in [2.05, 4.69) is 21.7 Å². The van der Waals surface area contributed by atoms with Crippen molar-refractivity contribution in [1.29, 1.82) is 0 Å². The number of rotatable bonds is 1. The molecule has 3 saturated heterocycles. The normalized spacial score (nSPS) is 30.3. The molecule has 0 aliphatic carbocycles. The third kappa shape index (κ3) is 2.73. The fourth-order valence-corrected chi connectivity index (χ4v) is 4.02. The highest BCUT2D eigenvalue weighted by Gasteiger charge is 2.37. The number of hydrogen-bond donors (Lipinski definition) is 0. The molecule has 0 aromatic rings. The Balaban J connectivity index is 1.62. The van der Waals surface area contributed by atoms with E-state index in [4.69, 9.17) is 0 Å². The first kappa shape index (κ1) is 13.2. The van der Waals surface area contributed by atoms with Gasteiger partial charge in [0, 0.05) is 25.7 Å². The summed E-state index contributed by atoms with van der Waals surface area (Å²) in [4.78, 5) is 19.3. The van der Waals surface area contributed by atoms with Crippen molar-refractivity contribution in [3.8, 4) is 0 Å². The maximum atomic E-state index is 12.6. The van der Waals surface area contributed by atoms with Gasteiger partial charge in [-0.15, -0.1) is 0 Å². The van der Waals surface area contributed by atoms with Gasteiger partial charge in [-0.25, -0.2) is 4.79 Å². The highest BCUT2D eigenvalue weighted by Crippen LogP contribution is 2.32. The van der Waals surface area contributed by atoms with Gasteiger partial charge in [0.05, 0.1) is 0 Å². The molecule has 1 atom stereocenters. The summed E-state index contributed by atoms with van der Waals surface area (Å²) in [7, 11) is 2.21. The van der Waals surface area contributed by atoms with Gasteiger partial charge in [0.2, 0.25) is 0 Å². The van der Waals surface area contributed by atoms with E-state index >= 15 is 0 Å². The van der Waals surface area contributed by atoms with Gasteiger partial charge in [0.25, 0.3) is 0 Å². The largest absolute Gasteiger partial charge is 0.325 e. The third-order valence-corrected chi connectivity index (χ3v) is 5.23. The topological polar surface area (TPSA) is 26.8 Å². The van der Waals surface area contributed by atoms with E-state index in [1.807, 2.05) is 0 Å². The molecule has 3 heterocycles. The molecule has 4 heteroatoms. The molecule has 0 bridgehead atoms. The monoisotopic (exact) mass is 265 g/mol. The van der Waals surface area contributed by atoms with Crippen LogP contribution in [0.15, 0.2) is 0 Å². The zero-order valence-corrected chi connectivity index (χ0v) is 12.2. The van der Waals surface area contributed by atoms with E-state index in [1.54, 1.807) is 0 Å². The number of piperidine rings is 1. The number of urea groups is 1. The minimum Gasteiger partial charge on any atom is -0.325 e. The summed E-state index contributed by atoms with van der Waals surface area (Å²) >= 11 is 0. The van der Waals surface area contributed by atoms with Crippen molar-refractivity contribution < 1.29 is 4.79 Å². The summed E-state index contributed by atoms with van der Waals surface area (Å²) in [6, 6.07) is 0.862. The molecule has 2 amide bonds. The molecule has 4 nitrogen and oxygen atoms in total. The average Bonchev–Trinajstić information content (AvgIpc) is 3.10. The molecule has 3 aliphatic rings. The van der Waals surface area contributed by atoms with Crippen LogP contribution in [0.5, 0.6) is 0 Å². The van der Waals surface area contributed by atoms with Crippen molar-refractivity contribution in [2.24, 2.45) is 5.92 Å². The molecule has 3 fully saturated rings. The van der Waals surface area contributed by atoms with E-state index in [0.717, 1.165) is 25.6 Å². The van der Waals surface area contributed by atoms with Crippen molar-refractivity contribution in [2.75, 3.05) is 39.8 Å². The van der Waals surface area contributed by atoms with Gasteiger partial charge < -0.3 is 14.7 Å². The first-order valence-corrected chi connectivity index (χ1v) is 8.00. The summed E-state index contributed by atoms with van der Waals surface area (Å²) in [5.41, 5.74) is 0. The van der Waals surface area contributed by atoms with Crippen molar-refractivity contribution in [2.45, 2.75) is 44.6 Å². The smallest absolute Gasteiger partial charge is 0.320 e. The molecule has 0 spiro atoms. The minimum absolute atomic E-state index is 0.332. The Labute approximate surface area is 116 Å².